The van der Waals surface area contributed by atoms with Crippen LogP contribution in [-0.4, -0.2) is 50.3 Å². The van der Waals surface area contributed by atoms with Gasteiger partial charge in [-0.15, -0.1) is 0 Å². The quantitative estimate of drug-likeness (QED) is 0.164. The number of pyridine rings is 1. The number of aliphatic hydroxyl groups is 1. The fourth-order valence-corrected chi connectivity index (χ4v) is 5.71. The summed E-state index contributed by atoms with van der Waals surface area (Å²) in [5, 5.41) is 11.7. The van der Waals surface area contributed by atoms with Gasteiger partial charge in [-0.3, -0.25) is 4.79 Å². The van der Waals surface area contributed by atoms with Crippen LogP contribution < -0.4 is 14.2 Å². The molecule has 46 heavy (non-hydrogen) atoms. The molecular weight excluding hydrogens is 614 g/mol. The molecule has 0 saturated heterocycles. The number of nitrogens with one attached hydrogen (secondary N) is 1. The van der Waals surface area contributed by atoms with Crippen LogP contribution in [0.15, 0.2) is 48.5 Å². The Morgan fingerprint density at radius 2 is 1.72 bits per heavy atom. The number of nitrogens with zero attached hydrogens (tertiary/aromatic N) is 1. The zero-order valence-electron chi connectivity index (χ0n) is 27.8. The van der Waals surface area contributed by atoms with E-state index in [0.717, 1.165) is 6.07 Å². The molecule has 3 aromatic rings. The van der Waals surface area contributed by atoms with Crippen molar-refractivity contribution in [3.63, 3.8) is 0 Å². The second-order valence-corrected chi connectivity index (χ2v) is 16.0. The van der Waals surface area contributed by atoms with Gasteiger partial charge in [0, 0.05) is 23.1 Å². The molecule has 0 spiro atoms. The van der Waals surface area contributed by atoms with Crippen LogP contribution in [0.5, 0.6) is 11.5 Å². The summed E-state index contributed by atoms with van der Waals surface area (Å²) in [6, 6.07) is 11.5. The Morgan fingerprint density at radius 3 is 2.33 bits per heavy atom. The molecule has 3 unspecified atom stereocenters. The largest absolute Gasteiger partial charge is 0.489 e. The molecule has 250 valence electrons. The Bertz CT molecular complexity index is 1600. The molecule has 1 aliphatic rings. The Hall–Kier alpha value is -3.25. The minimum absolute atomic E-state index is 0.0167. The lowest BCUT2D eigenvalue weighted by Crippen LogP contribution is -2.47. The van der Waals surface area contributed by atoms with Crippen LogP contribution in [0, 0.1) is 11.6 Å². The van der Waals surface area contributed by atoms with Crippen molar-refractivity contribution in [2.45, 2.75) is 89.7 Å². The molecule has 3 atom stereocenters. The van der Waals surface area contributed by atoms with Crippen LogP contribution in [0.4, 0.5) is 8.78 Å². The molecule has 2 N–H and O–H groups in total. The molecule has 0 bridgehead atoms. The van der Waals surface area contributed by atoms with Crippen molar-refractivity contribution < 1.29 is 37.1 Å². The van der Waals surface area contributed by atoms with Crippen LogP contribution in [0.25, 0.3) is 11.3 Å². The molecule has 1 aromatic heterocycles. The normalized spacial score (nSPS) is 18.4. The molecule has 1 aliphatic heterocycles. The summed E-state index contributed by atoms with van der Waals surface area (Å²) in [5.74, 6) is -0.997. The van der Waals surface area contributed by atoms with Crippen molar-refractivity contribution in [2.75, 3.05) is 19.8 Å². The summed E-state index contributed by atoms with van der Waals surface area (Å²) < 4.78 is 61.5. The van der Waals surface area contributed by atoms with Crippen LogP contribution in [-0.2, 0) is 26.9 Å². The average Bonchev–Trinajstić information content (AvgIpc) is 3.29. The van der Waals surface area contributed by atoms with E-state index in [9.17, 15) is 22.9 Å². The molecule has 0 amide bonds. The van der Waals surface area contributed by atoms with Crippen LogP contribution in [0.1, 0.15) is 89.8 Å². The number of hydrogen-bond acceptors (Lipinski definition) is 7. The fraction of sp³-hybridized carbons (Fsp3) is 0.486. The zero-order chi connectivity index (χ0) is 34.1. The molecule has 8 nitrogen and oxygen atoms in total. The Morgan fingerprint density at radius 1 is 1.04 bits per heavy atom. The molecule has 4 rings (SSSR count). The first-order valence-electron chi connectivity index (χ1n) is 15.3. The molecule has 0 radical (unpaired) electrons. The summed E-state index contributed by atoms with van der Waals surface area (Å²) in [6.45, 7) is 15.3. The summed E-state index contributed by atoms with van der Waals surface area (Å²) in [6.07, 6.45) is -0.125. The number of fused-ring (bicyclic) bond motifs is 1. The van der Waals surface area contributed by atoms with E-state index in [1.54, 1.807) is 25.1 Å². The smallest absolute Gasteiger partial charge is 0.165 e. The van der Waals surface area contributed by atoms with Gasteiger partial charge in [-0.2, -0.15) is 0 Å². The molecular formula is C35H44F2N2O6S. The van der Waals surface area contributed by atoms with E-state index in [1.807, 2.05) is 48.5 Å². The molecule has 0 fully saturated rings. The minimum atomic E-state index is -1.60. The van der Waals surface area contributed by atoms with Crippen molar-refractivity contribution in [1.82, 2.24) is 9.71 Å². The predicted octanol–water partition coefficient (Wildman–Crippen LogP) is 6.75. The van der Waals surface area contributed by atoms with Crippen molar-refractivity contribution in [3.8, 4) is 22.8 Å². The summed E-state index contributed by atoms with van der Waals surface area (Å²) in [5.41, 5.74) is -0.846. The van der Waals surface area contributed by atoms with Crippen molar-refractivity contribution in [2.24, 2.45) is 0 Å². The number of rotatable bonds is 12. The van der Waals surface area contributed by atoms with Gasteiger partial charge >= 0.3 is 0 Å². The second kappa shape index (κ2) is 13.5. The van der Waals surface area contributed by atoms with Crippen molar-refractivity contribution in [3.05, 3.63) is 77.0 Å². The number of ketones is 1. The van der Waals surface area contributed by atoms with E-state index < -0.39 is 38.5 Å². The zero-order valence-corrected chi connectivity index (χ0v) is 28.6. The standard InChI is InChI=1S/C35H44F2N2O6S/c1-32(2,3)45-18-17-43-28-14-11-23(19-26(28)37)27(40)15-16-35(8,41)29-20-25-31(30(38-29)22-9-12-24(36)13-10-22)44-21-34(25,7)39-46(42)33(4,5)6/h9-14,19-20,39,41H,15-18,21H2,1-8H3. The maximum absolute atomic E-state index is 14.8. The van der Waals surface area contributed by atoms with Crippen LogP contribution in [0.3, 0.4) is 0 Å². The third-order valence-corrected chi connectivity index (χ3v) is 9.33. The Balaban J connectivity index is 1.57. The minimum Gasteiger partial charge on any atom is -0.489 e. The summed E-state index contributed by atoms with van der Waals surface area (Å²) in [7, 11) is -1.45. The average molecular weight is 659 g/mol. The van der Waals surface area contributed by atoms with E-state index >= 15 is 0 Å². The summed E-state index contributed by atoms with van der Waals surface area (Å²) in [4.78, 5) is 17.9. The van der Waals surface area contributed by atoms with Gasteiger partial charge < -0.3 is 19.3 Å². The van der Waals surface area contributed by atoms with Gasteiger partial charge in [0.25, 0.3) is 0 Å². The maximum atomic E-state index is 14.8. The second-order valence-electron chi connectivity index (χ2n) is 14.0. The van der Waals surface area contributed by atoms with Crippen LogP contribution >= 0.6 is 0 Å². The number of ether oxygens (including phenoxy) is 3. The summed E-state index contributed by atoms with van der Waals surface area (Å²) >= 11 is 0. The lowest BCUT2D eigenvalue weighted by atomic mass is 9.88. The number of aromatic nitrogens is 1. The molecule has 2 heterocycles. The highest BCUT2D eigenvalue weighted by molar-refractivity contribution is 7.84. The van der Waals surface area contributed by atoms with Crippen LogP contribution in [0.2, 0.25) is 0 Å². The Kier molecular flexibility index (Phi) is 10.4. The SMILES string of the molecule is CC(C)(C)OCCOc1ccc(C(=O)CCC(C)(O)c2cc3c(c(-c4ccc(F)cc4)n2)OCC3(C)NS(=O)C(C)(C)C)cc1F. The topological polar surface area (TPSA) is 107 Å². The number of benzene rings is 2. The van der Waals surface area contributed by atoms with Gasteiger partial charge in [-0.05, 0) is 110 Å². The number of hydrogen-bond donors (Lipinski definition) is 2. The van der Waals surface area contributed by atoms with E-state index in [4.69, 9.17) is 19.2 Å². The molecule has 2 aromatic carbocycles. The first kappa shape index (κ1) is 35.6. The number of carbonyl (C=O) groups is 1. The van der Waals surface area contributed by atoms with Gasteiger partial charge in [0.05, 0.1) is 39.2 Å². The van der Waals surface area contributed by atoms with Gasteiger partial charge in [-0.1, -0.05) is 0 Å². The first-order chi connectivity index (χ1) is 21.3. The van der Waals surface area contributed by atoms with Crippen molar-refractivity contribution >= 4 is 16.8 Å². The van der Waals surface area contributed by atoms with E-state index in [0.29, 0.717) is 22.6 Å². The van der Waals surface area contributed by atoms with Gasteiger partial charge in [0.2, 0.25) is 0 Å². The first-order valence-corrected chi connectivity index (χ1v) is 16.4. The highest BCUT2D eigenvalue weighted by Crippen LogP contribution is 2.45. The Labute approximate surface area is 272 Å². The van der Waals surface area contributed by atoms with E-state index in [2.05, 4.69) is 4.72 Å². The van der Waals surface area contributed by atoms with Gasteiger partial charge in [-0.25, -0.2) is 22.7 Å². The predicted molar refractivity (Wildman–Crippen MR) is 174 cm³/mol. The van der Waals surface area contributed by atoms with Gasteiger partial charge in [0.15, 0.2) is 23.1 Å². The van der Waals surface area contributed by atoms with Crippen molar-refractivity contribution in [1.29, 1.82) is 0 Å². The number of Topliss-reactive ketones (excluding diaryl/α,β-unsaturated/α-hetero) is 1. The third kappa shape index (κ3) is 8.56. The molecule has 0 aliphatic carbocycles. The monoisotopic (exact) mass is 658 g/mol. The van der Waals surface area contributed by atoms with E-state index in [-0.39, 0.29) is 61.1 Å². The number of carbonyl (C=O) groups excluding carboxylic acids is 1. The lowest BCUT2D eigenvalue weighted by molar-refractivity contribution is -0.0166. The fourth-order valence-electron chi connectivity index (χ4n) is 4.83. The maximum Gasteiger partial charge on any atom is 0.165 e. The van der Waals surface area contributed by atoms with Gasteiger partial charge in [0.1, 0.15) is 30.3 Å². The number of halogens is 2. The lowest BCUT2D eigenvalue weighted by Gasteiger charge is -2.30. The van der Waals surface area contributed by atoms with E-state index in [1.165, 1.54) is 24.3 Å². The highest BCUT2D eigenvalue weighted by atomic mass is 32.2. The molecule has 11 heteroatoms. The molecule has 0 saturated carbocycles. The third-order valence-electron chi connectivity index (χ3n) is 7.58. The highest BCUT2D eigenvalue weighted by Gasteiger charge is 2.43.